The van der Waals surface area contributed by atoms with Crippen molar-refractivity contribution in [2.75, 3.05) is 98.2 Å². The number of ether oxygens (including phenoxy) is 1. The third-order valence-corrected chi connectivity index (χ3v) is 14.3. The van der Waals surface area contributed by atoms with Crippen molar-refractivity contribution < 1.29 is 9.53 Å². The lowest BCUT2D eigenvalue weighted by atomic mass is 10.1. The molecule has 1 N–H and O–H groups in total. The number of carbonyl (C=O) groups is 1. The van der Waals surface area contributed by atoms with Gasteiger partial charge in [-0.1, -0.05) is 220 Å². The fraction of sp³-hybridized carbons (Fsp3) is 0.982. The molecule has 1 aliphatic rings. The fourth-order valence-corrected chi connectivity index (χ4v) is 9.61. The Morgan fingerprint density at radius 2 is 0.719 bits per heavy atom. The zero-order chi connectivity index (χ0) is 46.1. The largest absolute Gasteiger partial charge is 0.466 e. The van der Waals surface area contributed by atoms with E-state index in [0.29, 0.717) is 13.0 Å². The highest BCUT2D eigenvalue weighted by atomic mass is 16.5. The van der Waals surface area contributed by atoms with E-state index in [0.717, 1.165) is 58.2 Å². The van der Waals surface area contributed by atoms with Gasteiger partial charge in [-0.05, 0) is 64.7 Å². The number of rotatable bonds is 52. The van der Waals surface area contributed by atoms with Crippen molar-refractivity contribution in [2.45, 2.75) is 265 Å². The van der Waals surface area contributed by atoms with E-state index in [1.54, 1.807) is 0 Å². The van der Waals surface area contributed by atoms with Crippen LogP contribution in [0, 0.1) is 0 Å². The Kier molecular flexibility index (Phi) is 48.0. The second kappa shape index (κ2) is 50.2. The molecule has 1 aliphatic heterocycles. The first-order chi connectivity index (χ1) is 31.6. The van der Waals surface area contributed by atoms with E-state index < -0.39 is 0 Å². The van der Waals surface area contributed by atoms with Gasteiger partial charge in [0.05, 0.1) is 6.61 Å². The van der Waals surface area contributed by atoms with Crippen molar-refractivity contribution in [1.82, 2.24) is 24.9 Å². The highest BCUT2D eigenvalue weighted by Crippen LogP contribution is 2.15. The van der Waals surface area contributed by atoms with Gasteiger partial charge in [-0.2, -0.15) is 0 Å². The number of nitrogens with zero attached hydrogens (tertiary/aromatic N) is 4. The van der Waals surface area contributed by atoms with Gasteiger partial charge in [0.2, 0.25) is 0 Å². The number of esters is 1. The summed E-state index contributed by atoms with van der Waals surface area (Å²) in [5.41, 5.74) is 0. The van der Waals surface area contributed by atoms with Crippen molar-refractivity contribution >= 4 is 5.97 Å². The summed E-state index contributed by atoms with van der Waals surface area (Å²) >= 11 is 0. The normalized spacial score (nSPS) is 13.8. The molecule has 1 rings (SSSR count). The molecular weight excluding hydrogens is 787 g/mol. The van der Waals surface area contributed by atoms with Crippen molar-refractivity contribution in [1.29, 1.82) is 0 Å². The van der Waals surface area contributed by atoms with Crippen LogP contribution in [-0.4, -0.2) is 124 Å². The van der Waals surface area contributed by atoms with Crippen molar-refractivity contribution in [2.24, 2.45) is 0 Å². The van der Waals surface area contributed by atoms with Gasteiger partial charge in [0.15, 0.2) is 0 Å². The van der Waals surface area contributed by atoms with E-state index in [2.05, 4.69) is 52.6 Å². The molecule has 1 saturated heterocycles. The summed E-state index contributed by atoms with van der Waals surface area (Å²) in [6.45, 7) is 26.7. The Hall–Kier alpha value is -0.730. The smallest absolute Gasteiger partial charge is 0.305 e. The maximum absolute atomic E-state index is 11.9. The third kappa shape index (κ3) is 42.6. The summed E-state index contributed by atoms with van der Waals surface area (Å²) in [5, 5.41) is 3.67. The van der Waals surface area contributed by atoms with Crippen LogP contribution in [0.25, 0.3) is 0 Å². The third-order valence-electron chi connectivity index (χ3n) is 14.3. The average molecular weight is 905 g/mol. The van der Waals surface area contributed by atoms with Gasteiger partial charge in [-0.3, -0.25) is 14.6 Å². The van der Waals surface area contributed by atoms with Crippen LogP contribution in [0.5, 0.6) is 0 Å². The Balaban J connectivity index is 2.52. The molecule has 0 atom stereocenters. The van der Waals surface area contributed by atoms with Gasteiger partial charge >= 0.3 is 5.97 Å². The van der Waals surface area contributed by atoms with Gasteiger partial charge in [0, 0.05) is 71.9 Å². The SMILES string of the molecule is CCCCCCCCCCCCN(CCCCCCCCCCCC)CCN(CCCCCCCCCCCC)CCN1CCN(CCNCCCCCC(=O)OCCCCC)CC1. The second-order valence-corrected chi connectivity index (χ2v) is 20.4. The molecule has 0 aromatic rings. The second-order valence-electron chi connectivity index (χ2n) is 20.4. The van der Waals surface area contributed by atoms with Crippen LogP contribution in [0.3, 0.4) is 0 Å². The molecule has 0 amide bonds. The number of piperazine rings is 1. The highest BCUT2D eigenvalue weighted by Gasteiger charge is 2.18. The molecule has 1 heterocycles. The number of unbranched alkanes of at least 4 members (excludes halogenated alkanes) is 31. The maximum atomic E-state index is 11.9. The molecular formula is C57H117N5O2. The quantitative estimate of drug-likeness (QED) is 0.0482. The summed E-state index contributed by atoms with van der Waals surface area (Å²) in [6, 6.07) is 0. The molecule has 0 bridgehead atoms. The molecule has 0 aliphatic carbocycles. The lowest BCUT2D eigenvalue weighted by Crippen LogP contribution is -2.50. The molecule has 0 unspecified atom stereocenters. The van der Waals surface area contributed by atoms with Crippen molar-refractivity contribution in [3.63, 3.8) is 0 Å². The molecule has 0 aromatic heterocycles. The van der Waals surface area contributed by atoms with Crippen LogP contribution in [0.15, 0.2) is 0 Å². The summed E-state index contributed by atoms with van der Waals surface area (Å²) in [4.78, 5) is 23.1. The predicted octanol–water partition coefficient (Wildman–Crippen LogP) is 14.9. The number of carbonyl (C=O) groups excluding carboxylic acids is 1. The Bertz CT molecular complexity index is 890. The minimum Gasteiger partial charge on any atom is -0.466 e. The summed E-state index contributed by atoms with van der Waals surface area (Å²) in [6.07, 6.45) is 49.8. The molecule has 64 heavy (non-hydrogen) atoms. The van der Waals surface area contributed by atoms with Gasteiger partial charge in [0.1, 0.15) is 0 Å². The lowest BCUT2D eigenvalue weighted by molar-refractivity contribution is -0.143. The zero-order valence-corrected chi connectivity index (χ0v) is 44.4. The summed E-state index contributed by atoms with van der Waals surface area (Å²) in [5.74, 6) is -0.0127. The first-order valence-electron chi connectivity index (χ1n) is 29.4. The van der Waals surface area contributed by atoms with Crippen LogP contribution in [0.4, 0.5) is 0 Å². The molecule has 7 nitrogen and oxygen atoms in total. The first-order valence-corrected chi connectivity index (χ1v) is 29.4. The highest BCUT2D eigenvalue weighted by molar-refractivity contribution is 5.69. The van der Waals surface area contributed by atoms with E-state index in [1.807, 2.05) is 0 Å². The van der Waals surface area contributed by atoms with Crippen molar-refractivity contribution in [3.05, 3.63) is 0 Å². The summed E-state index contributed by atoms with van der Waals surface area (Å²) < 4.78 is 5.35. The van der Waals surface area contributed by atoms with E-state index in [-0.39, 0.29) is 5.97 Å². The number of hydrogen-bond donors (Lipinski definition) is 1. The Labute approximate surface area is 402 Å². The monoisotopic (exact) mass is 904 g/mol. The van der Waals surface area contributed by atoms with E-state index >= 15 is 0 Å². The molecule has 7 heteroatoms. The molecule has 0 aromatic carbocycles. The van der Waals surface area contributed by atoms with Crippen molar-refractivity contribution in [3.8, 4) is 0 Å². The first kappa shape index (κ1) is 61.3. The van der Waals surface area contributed by atoms with E-state index in [1.165, 1.54) is 265 Å². The van der Waals surface area contributed by atoms with Gasteiger partial charge in [0.25, 0.3) is 0 Å². The molecule has 382 valence electrons. The van der Waals surface area contributed by atoms with Crippen LogP contribution >= 0.6 is 0 Å². The van der Waals surface area contributed by atoms with E-state index in [9.17, 15) is 4.79 Å². The number of nitrogens with one attached hydrogen (secondary N) is 1. The van der Waals surface area contributed by atoms with Crippen LogP contribution < -0.4 is 5.32 Å². The molecule has 0 saturated carbocycles. The Morgan fingerprint density at radius 1 is 0.375 bits per heavy atom. The minimum atomic E-state index is -0.0127. The Morgan fingerprint density at radius 3 is 1.14 bits per heavy atom. The van der Waals surface area contributed by atoms with Gasteiger partial charge in [-0.15, -0.1) is 0 Å². The minimum absolute atomic E-state index is 0.0127. The summed E-state index contributed by atoms with van der Waals surface area (Å²) in [7, 11) is 0. The zero-order valence-electron chi connectivity index (χ0n) is 44.4. The maximum Gasteiger partial charge on any atom is 0.305 e. The van der Waals surface area contributed by atoms with Gasteiger partial charge in [-0.25, -0.2) is 0 Å². The van der Waals surface area contributed by atoms with Crippen LogP contribution in [0.1, 0.15) is 265 Å². The fourth-order valence-electron chi connectivity index (χ4n) is 9.61. The lowest BCUT2D eigenvalue weighted by Gasteiger charge is -2.36. The van der Waals surface area contributed by atoms with E-state index in [4.69, 9.17) is 4.74 Å². The van der Waals surface area contributed by atoms with Crippen LogP contribution in [0.2, 0.25) is 0 Å². The number of hydrogen-bond acceptors (Lipinski definition) is 7. The van der Waals surface area contributed by atoms with Gasteiger partial charge < -0.3 is 19.9 Å². The molecule has 1 fully saturated rings. The topological polar surface area (TPSA) is 51.3 Å². The molecule has 0 spiro atoms. The predicted molar refractivity (Wildman–Crippen MR) is 283 cm³/mol. The molecule has 0 radical (unpaired) electrons. The van der Waals surface area contributed by atoms with Crippen LogP contribution in [-0.2, 0) is 9.53 Å². The average Bonchev–Trinajstić information content (AvgIpc) is 3.31. The standard InChI is InChI=1S/C57H117N5O2/c1-5-9-13-16-19-22-25-28-31-37-44-59(45-38-32-29-26-23-20-17-14-10-6-2)48-49-60(46-39-33-30-27-24-21-18-15-11-7-3)50-53-62-54-51-61(52-55-62)47-43-58-42-36-34-35-41-57(63)64-56-40-12-8-4/h58H,5-56H2,1-4H3.